The molecule has 7 rings (SSSR count). The molecule has 2 aliphatic carbocycles. The molecule has 4 aliphatic rings. The van der Waals surface area contributed by atoms with Gasteiger partial charge in [0.05, 0.1) is 22.5 Å². The van der Waals surface area contributed by atoms with Crippen LogP contribution in [0.5, 0.6) is 5.75 Å². The lowest BCUT2D eigenvalue weighted by molar-refractivity contribution is -0.123. The molecule has 172 valence electrons. The van der Waals surface area contributed by atoms with Crippen LogP contribution in [0.25, 0.3) is 0 Å². The Bertz CT molecular complexity index is 1400. The molecule has 34 heavy (non-hydrogen) atoms. The fraction of sp³-hybridized carbons (Fsp3) is 0.320. The van der Waals surface area contributed by atoms with Crippen LogP contribution in [0.4, 0.5) is 10.1 Å². The zero-order valence-electron chi connectivity index (χ0n) is 17.7. The van der Waals surface area contributed by atoms with Crippen molar-refractivity contribution in [2.24, 2.45) is 29.6 Å². The largest absolute Gasteiger partial charge is 0.508 e. The number of nitrogens with zero attached hydrogens (tertiary/aromatic N) is 1. The first kappa shape index (κ1) is 20.5. The maximum Gasteiger partial charge on any atom is 0.305 e. The van der Waals surface area contributed by atoms with Crippen molar-refractivity contribution in [1.82, 2.24) is 4.98 Å². The number of carbonyl (C=O) groups excluding carboxylic acids is 2. The molecule has 1 aromatic heterocycles. The molecule has 3 heterocycles. The number of nitrogens with one attached hydrogen (secondary N) is 1. The fourth-order valence-corrected chi connectivity index (χ4v) is 9.81. The van der Waals surface area contributed by atoms with Crippen LogP contribution in [0.15, 0.2) is 58.4 Å². The Labute approximate surface area is 201 Å². The molecule has 2 amide bonds. The number of thioether (sulfide) groups is 1. The minimum absolute atomic E-state index is 0.0125. The number of phenols is 1. The van der Waals surface area contributed by atoms with Gasteiger partial charge in [0.15, 0.2) is 0 Å². The number of aromatic amines is 1. The van der Waals surface area contributed by atoms with Crippen LogP contribution in [-0.2, 0) is 9.59 Å². The molecular formula is C25H19FN2O4S2. The summed E-state index contributed by atoms with van der Waals surface area (Å²) < 4.78 is 13.5. The first-order chi connectivity index (χ1) is 16.4. The summed E-state index contributed by atoms with van der Waals surface area (Å²) in [5.74, 6) is -1.36. The van der Waals surface area contributed by atoms with E-state index in [1.54, 1.807) is 23.9 Å². The summed E-state index contributed by atoms with van der Waals surface area (Å²) in [5.41, 5.74) is 1.42. The lowest BCUT2D eigenvalue weighted by atomic mass is 9.68. The standard InChI is InChI=1S/C25H19FN2O4S2/c26-11-3-5-12(6-4-11)28-23(30)18-14-9-15(19(18)24(28)31)20-17(14)16(10-1-7-13(29)8-2-10)21-22(33-20)27-25(32)34-21/h1-8,14-20,29H,9H2,(H,27,32)/t14-,15+,16-,17+,18+,19+,20-/m0/s1. The zero-order chi connectivity index (χ0) is 23.3. The minimum Gasteiger partial charge on any atom is -0.508 e. The molecule has 2 aliphatic heterocycles. The monoisotopic (exact) mass is 494 g/mol. The van der Waals surface area contributed by atoms with E-state index in [2.05, 4.69) is 4.98 Å². The topological polar surface area (TPSA) is 90.5 Å². The van der Waals surface area contributed by atoms with Crippen LogP contribution < -0.4 is 9.77 Å². The first-order valence-corrected chi connectivity index (χ1v) is 12.9. The van der Waals surface area contributed by atoms with Crippen molar-refractivity contribution in [3.05, 3.63) is 74.5 Å². The highest BCUT2D eigenvalue weighted by Crippen LogP contribution is 2.68. The normalized spacial score (nSPS) is 33.2. The summed E-state index contributed by atoms with van der Waals surface area (Å²) in [4.78, 5) is 44.5. The van der Waals surface area contributed by atoms with E-state index in [9.17, 15) is 23.9 Å². The van der Waals surface area contributed by atoms with Gasteiger partial charge in [0, 0.05) is 16.0 Å². The molecule has 0 spiro atoms. The SMILES string of the molecule is O=C1[C@@H]2[C@H]3C[C@@H]([C@@H]4Sc5[nH]c(=O)sc5[C@@H](c5ccc(O)cc5)[C@@H]34)[C@H]2C(=O)N1c1ccc(F)cc1. The molecule has 2 saturated carbocycles. The maximum atomic E-state index is 13.6. The van der Waals surface area contributed by atoms with Gasteiger partial charge in [-0.25, -0.2) is 4.39 Å². The number of imide groups is 1. The van der Waals surface area contributed by atoms with Crippen LogP contribution in [0.1, 0.15) is 22.8 Å². The van der Waals surface area contributed by atoms with Crippen molar-refractivity contribution >= 4 is 40.6 Å². The number of H-pyrrole nitrogens is 1. The molecule has 1 saturated heterocycles. The van der Waals surface area contributed by atoms with Gasteiger partial charge >= 0.3 is 4.87 Å². The van der Waals surface area contributed by atoms with Crippen molar-refractivity contribution < 1.29 is 19.1 Å². The molecule has 9 heteroatoms. The van der Waals surface area contributed by atoms with Crippen LogP contribution in [-0.4, -0.2) is 27.2 Å². The van der Waals surface area contributed by atoms with Crippen molar-refractivity contribution in [3.8, 4) is 5.75 Å². The number of hydrogen-bond acceptors (Lipinski definition) is 6. The lowest BCUT2D eigenvalue weighted by Crippen LogP contribution is -2.42. The summed E-state index contributed by atoms with van der Waals surface area (Å²) in [6, 6.07) is 12.6. The highest BCUT2D eigenvalue weighted by atomic mass is 32.2. The third kappa shape index (κ3) is 2.65. The number of aromatic nitrogens is 1. The van der Waals surface area contributed by atoms with Gasteiger partial charge in [-0.2, -0.15) is 0 Å². The Morgan fingerprint density at radius 3 is 2.32 bits per heavy atom. The van der Waals surface area contributed by atoms with Gasteiger partial charge in [-0.05, 0) is 66.1 Å². The van der Waals surface area contributed by atoms with Gasteiger partial charge in [0.2, 0.25) is 11.8 Å². The first-order valence-electron chi connectivity index (χ1n) is 11.2. The van der Waals surface area contributed by atoms with Gasteiger partial charge < -0.3 is 10.1 Å². The number of phenolic OH excluding ortho intramolecular Hbond substituents is 1. The molecular weight excluding hydrogens is 475 g/mol. The Balaban J connectivity index is 1.32. The maximum absolute atomic E-state index is 13.6. The molecule has 3 fully saturated rings. The second kappa shape index (κ2) is 7.05. The van der Waals surface area contributed by atoms with Crippen molar-refractivity contribution in [2.75, 3.05) is 4.90 Å². The highest BCUT2D eigenvalue weighted by molar-refractivity contribution is 8.00. The van der Waals surface area contributed by atoms with Crippen molar-refractivity contribution in [3.63, 3.8) is 0 Å². The molecule has 0 radical (unpaired) electrons. The number of halogens is 1. The Kier molecular flexibility index (Phi) is 4.24. The Hall–Kier alpha value is -2.91. The summed E-state index contributed by atoms with van der Waals surface area (Å²) >= 11 is 2.84. The number of fused-ring (bicyclic) bond motifs is 9. The van der Waals surface area contributed by atoms with E-state index in [-0.39, 0.29) is 57.3 Å². The second-order valence-corrected chi connectivity index (χ2v) is 11.7. The number of aromatic hydroxyl groups is 1. The molecule has 0 unspecified atom stereocenters. The number of benzene rings is 2. The van der Waals surface area contributed by atoms with Crippen LogP contribution in [0, 0.1) is 35.4 Å². The predicted molar refractivity (Wildman–Crippen MR) is 125 cm³/mol. The van der Waals surface area contributed by atoms with E-state index < -0.39 is 11.7 Å². The van der Waals surface area contributed by atoms with E-state index in [1.807, 2.05) is 12.1 Å². The van der Waals surface area contributed by atoms with E-state index in [0.717, 1.165) is 21.9 Å². The number of thiazole rings is 1. The van der Waals surface area contributed by atoms with Crippen molar-refractivity contribution in [2.45, 2.75) is 22.6 Å². The number of hydrogen-bond donors (Lipinski definition) is 2. The number of anilines is 1. The average Bonchev–Trinajstić information content (AvgIpc) is 3.54. The number of amides is 2. The summed E-state index contributed by atoms with van der Waals surface area (Å²) in [6.07, 6.45) is 0.806. The van der Waals surface area contributed by atoms with Crippen LogP contribution in [0.2, 0.25) is 0 Å². The molecule has 6 nitrogen and oxygen atoms in total. The lowest BCUT2D eigenvalue weighted by Gasteiger charge is -2.43. The van der Waals surface area contributed by atoms with E-state index in [0.29, 0.717) is 5.69 Å². The summed E-state index contributed by atoms with van der Waals surface area (Å²) in [5, 5.41) is 10.8. The van der Waals surface area contributed by atoms with Gasteiger partial charge in [0.25, 0.3) is 0 Å². The van der Waals surface area contributed by atoms with Gasteiger partial charge in [0.1, 0.15) is 11.6 Å². The fourth-order valence-electron chi connectivity index (χ4n) is 6.92. The molecule has 3 aromatic rings. The van der Waals surface area contributed by atoms with E-state index in [1.165, 1.54) is 40.5 Å². The Morgan fingerprint density at radius 1 is 0.941 bits per heavy atom. The molecule has 7 atom stereocenters. The third-order valence-electron chi connectivity index (χ3n) is 8.06. The number of carbonyl (C=O) groups is 2. The average molecular weight is 495 g/mol. The summed E-state index contributed by atoms with van der Waals surface area (Å²) in [6.45, 7) is 0. The van der Waals surface area contributed by atoms with Crippen LogP contribution >= 0.6 is 23.1 Å². The summed E-state index contributed by atoms with van der Waals surface area (Å²) in [7, 11) is 0. The third-order valence-corrected chi connectivity index (χ3v) is 10.6. The van der Waals surface area contributed by atoms with Gasteiger partial charge in [-0.1, -0.05) is 23.5 Å². The van der Waals surface area contributed by atoms with E-state index >= 15 is 0 Å². The minimum atomic E-state index is -0.414. The molecule has 2 aromatic carbocycles. The van der Waals surface area contributed by atoms with Gasteiger partial charge in [-0.15, -0.1) is 11.8 Å². The smallest absolute Gasteiger partial charge is 0.305 e. The second-order valence-electron chi connectivity index (χ2n) is 9.54. The van der Waals surface area contributed by atoms with Crippen LogP contribution in [0.3, 0.4) is 0 Å². The molecule has 2 bridgehead atoms. The quantitative estimate of drug-likeness (QED) is 0.527. The van der Waals surface area contributed by atoms with E-state index in [4.69, 9.17) is 0 Å². The Morgan fingerprint density at radius 2 is 1.62 bits per heavy atom. The highest BCUT2D eigenvalue weighted by Gasteiger charge is 2.69. The number of rotatable bonds is 2. The predicted octanol–water partition coefficient (Wildman–Crippen LogP) is 3.96. The van der Waals surface area contributed by atoms with Crippen molar-refractivity contribution in [1.29, 1.82) is 0 Å². The molecule has 2 N–H and O–H groups in total. The van der Waals surface area contributed by atoms with Gasteiger partial charge in [-0.3, -0.25) is 19.3 Å². The zero-order valence-corrected chi connectivity index (χ0v) is 19.3.